The minimum absolute atomic E-state index is 0.157. The fourth-order valence-corrected chi connectivity index (χ4v) is 3.00. The lowest BCUT2D eigenvalue weighted by Gasteiger charge is -2.17. The predicted molar refractivity (Wildman–Crippen MR) is 83.1 cm³/mol. The van der Waals surface area contributed by atoms with E-state index in [0.29, 0.717) is 0 Å². The van der Waals surface area contributed by atoms with Crippen LogP contribution in [0.4, 0.5) is 4.39 Å². The van der Waals surface area contributed by atoms with E-state index in [1.165, 1.54) is 17.2 Å². The molecular formula is C16H19FN2S. The Morgan fingerprint density at radius 1 is 1.20 bits per heavy atom. The summed E-state index contributed by atoms with van der Waals surface area (Å²) in [6.07, 6.45) is 0.867. The van der Waals surface area contributed by atoms with E-state index in [1.807, 2.05) is 18.2 Å². The van der Waals surface area contributed by atoms with Crippen molar-refractivity contribution in [1.29, 1.82) is 0 Å². The van der Waals surface area contributed by atoms with Crippen molar-refractivity contribution in [1.82, 2.24) is 5.43 Å². The second kappa shape index (κ2) is 7.43. The van der Waals surface area contributed by atoms with Crippen molar-refractivity contribution in [2.24, 2.45) is 5.84 Å². The molecule has 0 fully saturated rings. The summed E-state index contributed by atoms with van der Waals surface area (Å²) < 4.78 is 13.1. The Hall–Kier alpha value is -1.36. The van der Waals surface area contributed by atoms with Gasteiger partial charge in [-0.2, -0.15) is 0 Å². The van der Waals surface area contributed by atoms with Gasteiger partial charge in [0, 0.05) is 16.7 Å². The van der Waals surface area contributed by atoms with Gasteiger partial charge >= 0.3 is 0 Å². The number of nitrogens with two attached hydrogens (primary N) is 1. The highest BCUT2D eigenvalue weighted by Crippen LogP contribution is 2.21. The van der Waals surface area contributed by atoms with Crippen LogP contribution < -0.4 is 11.3 Å². The van der Waals surface area contributed by atoms with Gasteiger partial charge in [-0.3, -0.25) is 11.3 Å². The number of thioether (sulfide) groups is 1. The third-order valence-electron chi connectivity index (χ3n) is 3.21. The van der Waals surface area contributed by atoms with Gasteiger partial charge in [0.2, 0.25) is 0 Å². The molecule has 0 aliphatic heterocycles. The van der Waals surface area contributed by atoms with Crippen LogP contribution in [0, 0.1) is 12.7 Å². The summed E-state index contributed by atoms with van der Waals surface area (Å²) in [6, 6.07) is 15.1. The first-order chi connectivity index (χ1) is 9.69. The molecule has 0 heterocycles. The number of aryl methyl sites for hydroxylation is 1. The molecule has 4 heteroatoms. The number of hydrogen-bond donors (Lipinski definition) is 2. The third kappa shape index (κ3) is 4.34. The molecule has 3 N–H and O–H groups in total. The number of nitrogens with one attached hydrogen (secondary N) is 1. The van der Waals surface area contributed by atoms with Gasteiger partial charge in [-0.15, -0.1) is 11.8 Å². The normalized spacial score (nSPS) is 12.3. The highest BCUT2D eigenvalue weighted by Gasteiger charge is 2.10. The molecule has 2 rings (SSSR count). The Kier molecular flexibility index (Phi) is 5.59. The zero-order chi connectivity index (χ0) is 14.4. The summed E-state index contributed by atoms with van der Waals surface area (Å²) in [5.41, 5.74) is 5.40. The third-order valence-corrected chi connectivity index (χ3v) is 4.37. The Morgan fingerprint density at radius 2 is 2.00 bits per heavy atom. The first-order valence-corrected chi connectivity index (χ1v) is 7.56. The van der Waals surface area contributed by atoms with Gasteiger partial charge in [0.1, 0.15) is 5.82 Å². The minimum Gasteiger partial charge on any atom is -0.271 e. The predicted octanol–water partition coefficient (Wildman–Crippen LogP) is 3.30. The van der Waals surface area contributed by atoms with Gasteiger partial charge in [0.05, 0.1) is 0 Å². The van der Waals surface area contributed by atoms with Gasteiger partial charge in [-0.25, -0.2) is 4.39 Å². The summed E-state index contributed by atoms with van der Waals surface area (Å²) in [6.45, 7) is 2.10. The maximum Gasteiger partial charge on any atom is 0.124 e. The van der Waals surface area contributed by atoms with E-state index in [0.717, 1.165) is 17.1 Å². The zero-order valence-electron chi connectivity index (χ0n) is 11.5. The van der Waals surface area contributed by atoms with Crippen molar-refractivity contribution in [3.8, 4) is 0 Å². The minimum atomic E-state index is -0.203. The molecule has 1 atom stereocenters. The quantitative estimate of drug-likeness (QED) is 0.487. The standard InChI is InChI=1S/C16H19FN2S/c1-12-5-2-3-6-13(12)9-15(19-18)11-20-16-8-4-7-14(17)10-16/h2-8,10,15,19H,9,11,18H2,1H3. The van der Waals surface area contributed by atoms with E-state index in [4.69, 9.17) is 5.84 Å². The zero-order valence-corrected chi connectivity index (χ0v) is 12.3. The molecule has 0 aliphatic carbocycles. The topological polar surface area (TPSA) is 38.0 Å². The van der Waals surface area contributed by atoms with Crippen LogP contribution in [-0.4, -0.2) is 11.8 Å². The molecule has 0 radical (unpaired) electrons. The van der Waals surface area contributed by atoms with E-state index in [1.54, 1.807) is 23.9 Å². The van der Waals surface area contributed by atoms with Gasteiger partial charge < -0.3 is 0 Å². The van der Waals surface area contributed by atoms with Crippen LogP contribution in [-0.2, 0) is 6.42 Å². The summed E-state index contributed by atoms with van der Waals surface area (Å²) in [5, 5.41) is 0. The number of halogens is 1. The maximum atomic E-state index is 13.1. The van der Waals surface area contributed by atoms with Gasteiger partial charge in [-0.1, -0.05) is 30.3 Å². The Morgan fingerprint density at radius 3 is 2.70 bits per heavy atom. The molecule has 0 aromatic heterocycles. The molecule has 0 saturated carbocycles. The van der Waals surface area contributed by atoms with Crippen molar-refractivity contribution < 1.29 is 4.39 Å². The summed E-state index contributed by atoms with van der Waals surface area (Å²) >= 11 is 1.61. The van der Waals surface area contributed by atoms with Crippen LogP contribution in [0.1, 0.15) is 11.1 Å². The van der Waals surface area contributed by atoms with Crippen molar-refractivity contribution >= 4 is 11.8 Å². The van der Waals surface area contributed by atoms with Crippen LogP contribution in [0.2, 0.25) is 0 Å². The van der Waals surface area contributed by atoms with Gasteiger partial charge in [-0.05, 0) is 42.7 Å². The average Bonchev–Trinajstić information content (AvgIpc) is 2.45. The summed E-state index contributed by atoms with van der Waals surface area (Å²) in [7, 11) is 0. The molecule has 0 saturated heterocycles. The SMILES string of the molecule is Cc1ccccc1CC(CSc1cccc(F)c1)NN. The molecule has 0 spiro atoms. The van der Waals surface area contributed by atoms with Crippen molar-refractivity contribution in [2.45, 2.75) is 24.3 Å². The Balaban J connectivity index is 1.94. The maximum absolute atomic E-state index is 13.1. The number of rotatable bonds is 6. The van der Waals surface area contributed by atoms with Crippen LogP contribution in [0.3, 0.4) is 0 Å². The molecule has 0 amide bonds. The summed E-state index contributed by atoms with van der Waals surface area (Å²) in [5.74, 6) is 6.22. The van der Waals surface area contributed by atoms with E-state index in [-0.39, 0.29) is 11.9 Å². The number of hydrazine groups is 1. The Labute approximate surface area is 123 Å². The molecule has 2 nitrogen and oxygen atoms in total. The first kappa shape index (κ1) is 15.0. The molecular weight excluding hydrogens is 271 g/mol. The van der Waals surface area contributed by atoms with E-state index in [9.17, 15) is 4.39 Å². The molecule has 20 heavy (non-hydrogen) atoms. The van der Waals surface area contributed by atoms with Gasteiger partial charge in [0.15, 0.2) is 0 Å². The molecule has 2 aromatic carbocycles. The Bertz CT molecular complexity index is 560. The van der Waals surface area contributed by atoms with E-state index >= 15 is 0 Å². The molecule has 0 bridgehead atoms. The largest absolute Gasteiger partial charge is 0.271 e. The fraction of sp³-hybridized carbons (Fsp3) is 0.250. The molecule has 106 valence electrons. The van der Waals surface area contributed by atoms with Crippen molar-refractivity contribution in [2.75, 3.05) is 5.75 Å². The smallest absolute Gasteiger partial charge is 0.124 e. The molecule has 0 aliphatic rings. The number of hydrogen-bond acceptors (Lipinski definition) is 3. The van der Waals surface area contributed by atoms with Crippen LogP contribution in [0.25, 0.3) is 0 Å². The summed E-state index contributed by atoms with van der Waals surface area (Å²) in [4.78, 5) is 0.926. The molecule has 1 unspecified atom stereocenters. The van der Waals surface area contributed by atoms with Crippen LogP contribution >= 0.6 is 11.8 Å². The number of benzene rings is 2. The second-order valence-electron chi connectivity index (χ2n) is 4.76. The van der Waals surface area contributed by atoms with Gasteiger partial charge in [0.25, 0.3) is 0 Å². The van der Waals surface area contributed by atoms with Crippen LogP contribution in [0.5, 0.6) is 0 Å². The van der Waals surface area contributed by atoms with Crippen molar-refractivity contribution in [3.05, 3.63) is 65.5 Å². The highest BCUT2D eigenvalue weighted by atomic mass is 32.2. The van der Waals surface area contributed by atoms with E-state index in [2.05, 4.69) is 24.5 Å². The lowest BCUT2D eigenvalue weighted by atomic mass is 10.0. The lowest BCUT2D eigenvalue weighted by Crippen LogP contribution is -2.38. The average molecular weight is 290 g/mol. The fourth-order valence-electron chi connectivity index (χ4n) is 2.02. The van der Waals surface area contributed by atoms with Crippen LogP contribution in [0.15, 0.2) is 53.4 Å². The lowest BCUT2D eigenvalue weighted by molar-refractivity contribution is 0.574. The first-order valence-electron chi connectivity index (χ1n) is 6.58. The molecule has 2 aromatic rings. The monoisotopic (exact) mass is 290 g/mol. The highest BCUT2D eigenvalue weighted by molar-refractivity contribution is 7.99. The second-order valence-corrected chi connectivity index (χ2v) is 5.86. The van der Waals surface area contributed by atoms with Crippen molar-refractivity contribution in [3.63, 3.8) is 0 Å². The van der Waals surface area contributed by atoms with E-state index < -0.39 is 0 Å².